The largest absolute Gasteiger partial charge is 0.376 e. The number of unbranched alkanes of at least 4 members (excludes halogenated alkanes) is 1. The molecule has 1 fully saturated rings. The summed E-state index contributed by atoms with van der Waals surface area (Å²) in [5.74, 6) is 0.766. The maximum absolute atomic E-state index is 6.37. The molecular weight excluding hydrogens is 246 g/mol. The first-order valence-electron chi connectivity index (χ1n) is 9.16. The molecule has 0 amide bonds. The Labute approximate surface area is 127 Å². The lowest BCUT2D eigenvalue weighted by Crippen LogP contribution is -2.42. The maximum Gasteiger partial charge on any atom is 0.0728 e. The van der Waals surface area contributed by atoms with Crippen LogP contribution in [0.3, 0.4) is 0 Å². The van der Waals surface area contributed by atoms with E-state index in [-0.39, 0.29) is 0 Å². The minimum Gasteiger partial charge on any atom is -0.376 e. The topological polar surface area (TPSA) is 21.3 Å². The summed E-state index contributed by atoms with van der Waals surface area (Å²) in [6.45, 7) is 8.85. The van der Waals surface area contributed by atoms with E-state index in [2.05, 4.69) is 26.1 Å². The molecule has 3 unspecified atom stereocenters. The van der Waals surface area contributed by atoms with Gasteiger partial charge in [0.1, 0.15) is 0 Å². The van der Waals surface area contributed by atoms with Crippen LogP contribution in [0, 0.1) is 5.92 Å². The third-order valence-corrected chi connectivity index (χ3v) is 4.76. The Kier molecular flexibility index (Phi) is 10.4. The van der Waals surface area contributed by atoms with E-state index >= 15 is 0 Å². The van der Waals surface area contributed by atoms with Gasteiger partial charge in [0.15, 0.2) is 0 Å². The van der Waals surface area contributed by atoms with Gasteiger partial charge >= 0.3 is 0 Å². The zero-order chi connectivity index (χ0) is 14.6. The van der Waals surface area contributed by atoms with Crippen LogP contribution in [0.5, 0.6) is 0 Å². The molecule has 2 nitrogen and oxygen atoms in total. The zero-order valence-corrected chi connectivity index (χ0v) is 14.1. The molecule has 0 aliphatic heterocycles. The fraction of sp³-hybridized carbons (Fsp3) is 1.00. The third-order valence-electron chi connectivity index (χ3n) is 4.76. The summed E-state index contributed by atoms with van der Waals surface area (Å²) in [7, 11) is 0. The van der Waals surface area contributed by atoms with Crippen LogP contribution in [0.1, 0.15) is 85.0 Å². The lowest BCUT2D eigenvalue weighted by Gasteiger charge is -2.31. The predicted octanol–water partition coefficient (Wildman–Crippen LogP) is 4.92. The highest BCUT2D eigenvalue weighted by Crippen LogP contribution is 2.22. The van der Waals surface area contributed by atoms with Gasteiger partial charge in [0.05, 0.1) is 6.10 Å². The van der Waals surface area contributed by atoms with Crippen molar-refractivity contribution in [1.29, 1.82) is 0 Å². The number of hydrogen-bond acceptors (Lipinski definition) is 2. The first-order chi connectivity index (χ1) is 9.81. The molecule has 0 saturated heterocycles. The second-order valence-corrected chi connectivity index (χ2v) is 6.44. The Morgan fingerprint density at radius 3 is 2.45 bits per heavy atom. The number of hydrogen-bond donors (Lipinski definition) is 1. The molecule has 20 heavy (non-hydrogen) atoms. The summed E-state index contributed by atoms with van der Waals surface area (Å²) in [4.78, 5) is 0. The quantitative estimate of drug-likeness (QED) is 0.648. The van der Waals surface area contributed by atoms with Gasteiger partial charge in [-0.25, -0.2) is 0 Å². The van der Waals surface area contributed by atoms with Crippen molar-refractivity contribution in [3.8, 4) is 0 Å². The average Bonchev–Trinajstić information content (AvgIpc) is 2.44. The number of likely N-dealkylation sites (N-methyl/N-ethyl adjacent to an activating group) is 1. The van der Waals surface area contributed by atoms with Gasteiger partial charge < -0.3 is 10.1 Å². The average molecular weight is 284 g/mol. The summed E-state index contributed by atoms with van der Waals surface area (Å²) < 4.78 is 6.37. The minimum absolute atomic E-state index is 0.450. The smallest absolute Gasteiger partial charge is 0.0728 e. The van der Waals surface area contributed by atoms with Crippen LogP contribution in [0.25, 0.3) is 0 Å². The second-order valence-electron chi connectivity index (χ2n) is 6.44. The Hall–Kier alpha value is -0.0800. The molecule has 1 aliphatic carbocycles. The Balaban J connectivity index is 2.41. The molecule has 0 aromatic rings. The standard InChI is InChI=1S/C18H37NO/c1-4-7-12-16(5-2)15-20-18-14-11-9-8-10-13-17(18)19-6-3/h16-19H,4-15H2,1-3H3. The molecule has 0 aromatic heterocycles. The van der Waals surface area contributed by atoms with Crippen molar-refractivity contribution in [2.24, 2.45) is 5.92 Å². The van der Waals surface area contributed by atoms with Crippen molar-refractivity contribution >= 4 is 0 Å². The first-order valence-corrected chi connectivity index (χ1v) is 9.16. The van der Waals surface area contributed by atoms with Crippen molar-refractivity contribution in [1.82, 2.24) is 5.32 Å². The van der Waals surface area contributed by atoms with Crippen LogP contribution in [0.2, 0.25) is 0 Å². The number of rotatable bonds is 9. The zero-order valence-electron chi connectivity index (χ0n) is 14.1. The van der Waals surface area contributed by atoms with E-state index in [9.17, 15) is 0 Å². The fourth-order valence-electron chi connectivity index (χ4n) is 3.30. The lowest BCUT2D eigenvalue weighted by atomic mass is 9.93. The van der Waals surface area contributed by atoms with Gasteiger partial charge in [-0.3, -0.25) is 0 Å². The van der Waals surface area contributed by atoms with Gasteiger partial charge in [-0.15, -0.1) is 0 Å². The lowest BCUT2D eigenvalue weighted by molar-refractivity contribution is -0.00710. The van der Waals surface area contributed by atoms with Crippen LogP contribution >= 0.6 is 0 Å². The van der Waals surface area contributed by atoms with Gasteiger partial charge in [-0.05, 0) is 31.7 Å². The molecule has 3 atom stereocenters. The second kappa shape index (κ2) is 11.6. The molecule has 1 N–H and O–H groups in total. The normalized spacial score (nSPS) is 25.9. The van der Waals surface area contributed by atoms with Crippen molar-refractivity contribution < 1.29 is 4.74 Å². The van der Waals surface area contributed by atoms with E-state index in [1.807, 2.05) is 0 Å². The predicted molar refractivity (Wildman–Crippen MR) is 88.2 cm³/mol. The van der Waals surface area contributed by atoms with Crippen LogP contribution in [-0.4, -0.2) is 25.3 Å². The highest BCUT2D eigenvalue weighted by molar-refractivity contribution is 4.79. The van der Waals surface area contributed by atoms with E-state index in [0.29, 0.717) is 12.1 Å². The van der Waals surface area contributed by atoms with E-state index in [1.165, 1.54) is 64.2 Å². The van der Waals surface area contributed by atoms with Gasteiger partial charge in [0, 0.05) is 12.6 Å². The van der Waals surface area contributed by atoms with E-state index < -0.39 is 0 Å². The van der Waals surface area contributed by atoms with Crippen molar-refractivity contribution in [2.75, 3.05) is 13.2 Å². The van der Waals surface area contributed by atoms with E-state index in [0.717, 1.165) is 19.1 Å². The molecule has 0 heterocycles. The van der Waals surface area contributed by atoms with Crippen LogP contribution in [0.4, 0.5) is 0 Å². The van der Waals surface area contributed by atoms with Gasteiger partial charge in [-0.2, -0.15) is 0 Å². The maximum atomic E-state index is 6.37. The third kappa shape index (κ3) is 7.08. The Morgan fingerprint density at radius 2 is 1.80 bits per heavy atom. The monoisotopic (exact) mass is 283 g/mol. The highest BCUT2D eigenvalue weighted by Gasteiger charge is 2.23. The highest BCUT2D eigenvalue weighted by atomic mass is 16.5. The molecule has 1 rings (SSSR count). The Morgan fingerprint density at radius 1 is 1.05 bits per heavy atom. The molecular formula is C18H37NO. The van der Waals surface area contributed by atoms with Gasteiger partial charge in [-0.1, -0.05) is 65.7 Å². The summed E-state index contributed by atoms with van der Waals surface area (Å²) in [6, 6.07) is 0.587. The Bertz CT molecular complexity index is 219. The fourth-order valence-corrected chi connectivity index (χ4v) is 3.30. The summed E-state index contributed by atoms with van der Waals surface area (Å²) in [5.41, 5.74) is 0. The van der Waals surface area contributed by atoms with Crippen LogP contribution in [-0.2, 0) is 4.74 Å². The van der Waals surface area contributed by atoms with E-state index in [1.54, 1.807) is 0 Å². The molecule has 0 spiro atoms. The molecule has 0 aromatic carbocycles. The molecule has 1 saturated carbocycles. The summed E-state index contributed by atoms with van der Waals surface area (Å²) in [6.07, 6.45) is 13.8. The molecule has 0 radical (unpaired) electrons. The van der Waals surface area contributed by atoms with E-state index in [4.69, 9.17) is 4.74 Å². The van der Waals surface area contributed by atoms with Crippen molar-refractivity contribution in [2.45, 2.75) is 97.1 Å². The first kappa shape index (κ1) is 18.0. The van der Waals surface area contributed by atoms with Crippen molar-refractivity contribution in [3.63, 3.8) is 0 Å². The van der Waals surface area contributed by atoms with Gasteiger partial charge in [0.25, 0.3) is 0 Å². The van der Waals surface area contributed by atoms with Crippen LogP contribution < -0.4 is 5.32 Å². The van der Waals surface area contributed by atoms with Gasteiger partial charge in [0.2, 0.25) is 0 Å². The molecule has 0 bridgehead atoms. The number of ether oxygens (including phenoxy) is 1. The number of nitrogens with one attached hydrogen (secondary N) is 1. The summed E-state index contributed by atoms with van der Waals surface area (Å²) in [5, 5.41) is 3.66. The minimum atomic E-state index is 0.450. The summed E-state index contributed by atoms with van der Waals surface area (Å²) >= 11 is 0. The molecule has 1 aliphatic rings. The molecule has 120 valence electrons. The van der Waals surface area contributed by atoms with Crippen molar-refractivity contribution in [3.05, 3.63) is 0 Å². The SMILES string of the molecule is CCCCC(CC)COC1CCCCCCC1NCC. The molecule has 2 heteroatoms. The van der Waals surface area contributed by atoms with Crippen LogP contribution in [0.15, 0.2) is 0 Å².